The minimum Gasteiger partial charge on any atom is -0.383 e. The van der Waals surface area contributed by atoms with Crippen LogP contribution in [0.3, 0.4) is 0 Å². The van der Waals surface area contributed by atoms with Gasteiger partial charge < -0.3 is 19.8 Å². The summed E-state index contributed by atoms with van der Waals surface area (Å²) in [5.74, 6) is 1.70. The van der Waals surface area contributed by atoms with Crippen molar-refractivity contribution < 1.29 is 9.47 Å². The van der Waals surface area contributed by atoms with Crippen molar-refractivity contribution in [2.75, 3.05) is 26.9 Å². The molecule has 1 aromatic rings. The van der Waals surface area contributed by atoms with Gasteiger partial charge in [-0.3, -0.25) is 0 Å². The summed E-state index contributed by atoms with van der Waals surface area (Å²) in [6.07, 6.45) is 0.755. The fourth-order valence-corrected chi connectivity index (χ4v) is 1.46. The van der Waals surface area contributed by atoms with E-state index in [0.717, 1.165) is 31.2 Å². The molecule has 0 unspecified atom stereocenters. The van der Waals surface area contributed by atoms with Crippen molar-refractivity contribution in [3.63, 3.8) is 0 Å². The van der Waals surface area contributed by atoms with Crippen LogP contribution in [0, 0.1) is 0 Å². The minimum absolute atomic E-state index is 0.394. The Bertz CT molecular complexity index is 301. The van der Waals surface area contributed by atoms with Crippen LogP contribution in [0.4, 0.5) is 0 Å². The van der Waals surface area contributed by atoms with Crippen molar-refractivity contribution in [3.05, 3.63) is 11.6 Å². The lowest BCUT2D eigenvalue weighted by Crippen LogP contribution is -2.15. The van der Waals surface area contributed by atoms with Crippen molar-refractivity contribution in [2.45, 2.75) is 26.4 Å². The van der Waals surface area contributed by atoms with Crippen LogP contribution in [0.5, 0.6) is 0 Å². The van der Waals surface area contributed by atoms with E-state index in [9.17, 15) is 0 Å². The van der Waals surface area contributed by atoms with Gasteiger partial charge in [0.25, 0.3) is 0 Å². The highest BCUT2D eigenvalue weighted by molar-refractivity contribution is 4.96. The van der Waals surface area contributed by atoms with Crippen LogP contribution in [0.25, 0.3) is 0 Å². The fourth-order valence-electron chi connectivity index (χ4n) is 1.46. The van der Waals surface area contributed by atoms with Crippen molar-refractivity contribution in [1.29, 1.82) is 0 Å². The number of hydrogen-bond donors (Lipinski definition) is 1. The normalized spacial score (nSPS) is 10.9. The third-order valence-electron chi connectivity index (χ3n) is 2.28. The lowest BCUT2D eigenvalue weighted by molar-refractivity contribution is 0.147. The van der Waals surface area contributed by atoms with Crippen molar-refractivity contribution in [3.8, 4) is 0 Å². The van der Waals surface area contributed by atoms with Crippen molar-refractivity contribution >= 4 is 0 Å². The van der Waals surface area contributed by atoms with Crippen LogP contribution in [0.15, 0.2) is 0 Å². The average molecular weight is 228 g/mol. The quantitative estimate of drug-likeness (QED) is 0.632. The summed E-state index contributed by atoms with van der Waals surface area (Å²) in [6.45, 7) is 5.11. The Morgan fingerprint density at radius 1 is 1.25 bits per heavy atom. The van der Waals surface area contributed by atoms with E-state index in [1.807, 2.05) is 11.5 Å². The third kappa shape index (κ3) is 3.55. The van der Waals surface area contributed by atoms with Gasteiger partial charge in [0.15, 0.2) is 0 Å². The van der Waals surface area contributed by atoms with Gasteiger partial charge in [0.05, 0.1) is 19.8 Å². The largest absolute Gasteiger partial charge is 0.383 e. The van der Waals surface area contributed by atoms with E-state index in [1.165, 1.54) is 0 Å². The van der Waals surface area contributed by atoms with Crippen LogP contribution in [-0.2, 0) is 29.0 Å². The van der Waals surface area contributed by atoms with Gasteiger partial charge in [0.1, 0.15) is 11.6 Å². The smallest absolute Gasteiger partial charge is 0.146 e. The van der Waals surface area contributed by atoms with Crippen LogP contribution in [0.1, 0.15) is 18.6 Å². The standard InChI is InChI=1S/C10H20N4O2/c1-3-16-6-4-9-12-13-10(8-11)14(9)5-7-15-2/h3-8,11H2,1-2H3. The Balaban J connectivity index is 2.62. The molecule has 1 rings (SSSR count). The summed E-state index contributed by atoms with van der Waals surface area (Å²) in [5.41, 5.74) is 5.60. The fraction of sp³-hybridized carbons (Fsp3) is 0.800. The van der Waals surface area contributed by atoms with Gasteiger partial charge in [0, 0.05) is 26.7 Å². The Morgan fingerprint density at radius 2 is 2.00 bits per heavy atom. The third-order valence-corrected chi connectivity index (χ3v) is 2.28. The highest BCUT2D eigenvalue weighted by atomic mass is 16.5. The first-order chi connectivity index (χ1) is 7.83. The number of hydrogen-bond acceptors (Lipinski definition) is 5. The molecule has 0 fully saturated rings. The predicted octanol–water partition coefficient (Wildman–Crippen LogP) is -0.0378. The van der Waals surface area contributed by atoms with Gasteiger partial charge in [-0.1, -0.05) is 0 Å². The Kier molecular flexibility index (Phi) is 5.99. The second-order valence-corrected chi connectivity index (χ2v) is 3.33. The van der Waals surface area contributed by atoms with Crippen LogP contribution in [-0.4, -0.2) is 41.7 Å². The number of methoxy groups -OCH3 is 1. The summed E-state index contributed by atoms with van der Waals surface area (Å²) in [4.78, 5) is 0. The predicted molar refractivity (Wildman–Crippen MR) is 60.0 cm³/mol. The zero-order valence-electron chi connectivity index (χ0n) is 9.98. The Hall–Kier alpha value is -0.980. The molecule has 0 aromatic carbocycles. The maximum absolute atomic E-state index is 5.60. The van der Waals surface area contributed by atoms with Gasteiger partial charge in [-0.2, -0.15) is 0 Å². The molecule has 0 spiro atoms. The lowest BCUT2D eigenvalue weighted by atomic mass is 10.4. The molecule has 2 N–H and O–H groups in total. The zero-order valence-corrected chi connectivity index (χ0v) is 9.98. The first-order valence-corrected chi connectivity index (χ1v) is 5.51. The van der Waals surface area contributed by atoms with Gasteiger partial charge in [-0.25, -0.2) is 0 Å². The van der Waals surface area contributed by atoms with Crippen molar-refractivity contribution in [1.82, 2.24) is 14.8 Å². The lowest BCUT2D eigenvalue weighted by Gasteiger charge is -2.08. The number of nitrogens with zero attached hydrogens (tertiary/aromatic N) is 3. The first kappa shape index (κ1) is 13.1. The monoisotopic (exact) mass is 228 g/mol. The molecular formula is C10H20N4O2. The molecule has 6 nitrogen and oxygen atoms in total. The number of aromatic nitrogens is 3. The minimum atomic E-state index is 0.394. The number of rotatable bonds is 8. The molecule has 1 heterocycles. The van der Waals surface area contributed by atoms with Crippen molar-refractivity contribution in [2.24, 2.45) is 5.73 Å². The van der Waals surface area contributed by atoms with Crippen LogP contribution >= 0.6 is 0 Å². The highest BCUT2D eigenvalue weighted by Crippen LogP contribution is 2.03. The van der Waals surface area contributed by atoms with E-state index in [1.54, 1.807) is 7.11 Å². The highest BCUT2D eigenvalue weighted by Gasteiger charge is 2.09. The van der Waals surface area contributed by atoms with E-state index in [0.29, 0.717) is 19.8 Å². The van der Waals surface area contributed by atoms with Gasteiger partial charge in [-0.15, -0.1) is 10.2 Å². The maximum atomic E-state index is 5.60. The summed E-state index contributed by atoms with van der Waals surface area (Å²) in [6, 6.07) is 0. The summed E-state index contributed by atoms with van der Waals surface area (Å²) < 4.78 is 12.3. The second kappa shape index (κ2) is 7.32. The van der Waals surface area contributed by atoms with Gasteiger partial charge in [0.2, 0.25) is 0 Å². The van der Waals surface area contributed by atoms with Crippen LogP contribution in [0.2, 0.25) is 0 Å². The van der Waals surface area contributed by atoms with E-state index in [4.69, 9.17) is 15.2 Å². The molecule has 0 aliphatic rings. The van der Waals surface area contributed by atoms with E-state index < -0.39 is 0 Å². The molecule has 16 heavy (non-hydrogen) atoms. The topological polar surface area (TPSA) is 75.2 Å². The molecule has 0 aliphatic heterocycles. The summed E-state index contributed by atoms with van der Waals surface area (Å²) >= 11 is 0. The zero-order chi connectivity index (χ0) is 11.8. The number of ether oxygens (including phenoxy) is 2. The molecule has 0 saturated heterocycles. The average Bonchev–Trinajstić information content (AvgIpc) is 2.69. The van der Waals surface area contributed by atoms with E-state index in [-0.39, 0.29) is 0 Å². The molecule has 1 aromatic heterocycles. The molecule has 0 saturated carbocycles. The first-order valence-electron chi connectivity index (χ1n) is 5.51. The molecule has 0 amide bonds. The number of nitrogens with two attached hydrogens (primary N) is 1. The van der Waals surface area contributed by atoms with E-state index >= 15 is 0 Å². The SMILES string of the molecule is CCOCCc1nnc(CN)n1CCOC. The molecule has 0 radical (unpaired) electrons. The van der Waals surface area contributed by atoms with Gasteiger partial charge in [-0.05, 0) is 6.92 Å². The molecule has 0 atom stereocenters. The molecule has 92 valence electrons. The van der Waals surface area contributed by atoms with Gasteiger partial charge >= 0.3 is 0 Å². The molecular weight excluding hydrogens is 208 g/mol. The van der Waals surface area contributed by atoms with Crippen LogP contribution < -0.4 is 5.73 Å². The Labute approximate surface area is 95.7 Å². The molecule has 0 bridgehead atoms. The second-order valence-electron chi connectivity index (χ2n) is 3.33. The summed E-state index contributed by atoms with van der Waals surface area (Å²) in [7, 11) is 1.67. The van der Waals surface area contributed by atoms with E-state index in [2.05, 4.69) is 10.2 Å². The summed E-state index contributed by atoms with van der Waals surface area (Å²) in [5, 5.41) is 8.15. The molecule has 6 heteroatoms. The molecule has 0 aliphatic carbocycles. The maximum Gasteiger partial charge on any atom is 0.146 e. The Morgan fingerprint density at radius 3 is 2.62 bits per heavy atom.